The Morgan fingerprint density at radius 2 is 1.90 bits per heavy atom. The minimum absolute atomic E-state index is 0.105. The molecular formula is C21H27N3O5. The highest BCUT2D eigenvalue weighted by Crippen LogP contribution is 2.34. The lowest BCUT2D eigenvalue weighted by molar-refractivity contribution is -0.384. The molecule has 0 aliphatic rings. The number of hydrogen-bond acceptors (Lipinski definition) is 6. The monoisotopic (exact) mass is 401 g/mol. The number of carbonyl (C=O) groups excluding carboxylic acids is 1. The van der Waals surface area contributed by atoms with Gasteiger partial charge >= 0.3 is 0 Å². The SMILES string of the molecule is CCCc1ccc(OCCNC(=O)c2cc([N+](=O)[O-])c(N(C)C)cc2OC)cc1. The number of carbonyl (C=O) groups is 1. The molecule has 8 nitrogen and oxygen atoms in total. The predicted molar refractivity (Wildman–Crippen MR) is 112 cm³/mol. The molecule has 2 rings (SSSR count). The lowest BCUT2D eigenvalue weighted by Crippen LogP contribution is -2.28. The second-order valence-corrected chi connectivity index (χ2v) is 6.69. The zero-order valence-corrected chi connectivity index (χ0v) is 17.2. The minimum atomic E-state index is -0.517. The molecule has 0 aliphatic heterocycles. The van der Waals surface area contributed by atoms with Gasteiger partial charge in [-0.15, -0.1) is 0 Å². The number of nitrogens with zero attached hydrogens (tertiary/aromatic N) is 2. The van der Waals surface area contributed by atoms with Gasteiger partial charge in [0.05, 0.1) is 24.1 Å². The fourth-order valence-electron chi connectivity index (χ4n) is 2.88. The van der Waals surface area contributed by atoms with E-state index in [2.05, 4.69) is 12.2 Å². The van der Waals surface area contributed by atoms with E-state index in [-0.39, 0.29) is 30.2 Å². The number of amides is 1. The third-order valence-corrected chi connectivity index (χ3v) is 4.34. The van der Waals surface area contributed by atoms with Gasteiger partial charge in [-0.1, -0.05) is 25.5 Å². The van der Waals surface area contributed by atoms with Gasteiger partial charge in [0.15, 0.2) is 0 Å². The number of nitro groups is 1. The van der Waals surface area contributed by atoms with Crippen molar-refractivity contribution in [3.63, 3.8) is 0 Å². The fraction of sp³-hybridized carbons (Fsp3) is 0.381. The van der Waals surface area contributed by atoms with Gasteiger partial charge in [0.1, 0.15) is 23.8 Å². The molecule has 0 aliphatic carbocycles. The lowest BCUT2D eigenvalue weighted by atomic mass is 10.1. The Morgan fingerprint density at radius 3 is 2.45 bits per heavy atom. The Morgan fingerprint density at radius 1 is 1.21 bits per heavy atom. The Balaban J connectivity index is 2.01. The number of benzene rings is 2. The van der Waals surface area contributed by atoms with Crippen molar-refractivity contribution in [1.29, 1.82) is 0 Å². The smallest absolute Gasteiger partial charge is 0.293 e. The van der Waals surface area contributed by atoms with Gasteiger partial charge in [0.25, 0.3) is 11.6 Å². The highest BCUT2D eigenvalue weighted by atomic mass is 16.6. The van der Waals surface area contributed by atoms with Crippen molar-refractivity contribution < 1.29 is 19.2 Å². The Bertz CT molecular complexity index is 850. The number of aryl methyl sites for hydroxylation is 1. The van der Waals surface area contributed by atoms with Crippen LogP contribution in [0.25, 0.3) is 0 Å². The van der Waals surface area contributed by atoms with Crippen molar-refractivity contribution >= 4 is 17.3 Å². The van der Waals surface area contributed by atoms with E-state index in [0.29, 0.717) is 5.69 Å². The molecule has 0 unspecified atom stereocenters. The van der Waals surface area contributed by atoms with Crippen LogP contribution in [-0.4, -0.2) is 45.2 Å². The summed E-state index contributed by atoms with van der Waals surface area (Å²) in [6.07, 6.45) is 2.11. The summed E-state index contributed by atoms with van der Waals surface area (Å²) in [5.41, 5.74) is 1.55. The van der Waals surface area contributed by atoms with Crippen LogP contribution in [0.5, 0.6) is 11.5 Å². The quantitative estimate of drug-likeness (QED) is 0.372. The topological polar surface area (TPSA) is 93.9 Å². The van der Waals surface area contributed by atoms with Gasteiger partial charge in [-0.2, -0.15) is 0 Å². The van der Waals surface area contributed by atoms with Crippen LogP contribution in [0.4, 0.5) is 11.4 Å². The molecule has 156 valence electrons. The summed E-state index contributed by atoms with van der Waals surface area (Å²) in [6.45, 7) is 2.66. The average molecular weight is 401 g/mol. The predicted octanol–water partition coefficient (Wildman–Crippen LogP) is 3.43. The van der Waals surface area contributed by atoms with Crippen molar-refractivity contribution in [2.75, 3.05) is 39.3 Å². The van der Waals surface area contributed by atoms with Crippen molar-refractivity contribution in [3.05, 3.63) is 57.6 Å². The van der Waals surface area contributed by atoms with Gasteiger partial charge in [-0.05, 0) is 24.1 Å². The first-order valence-corrected chi connectivity index (χ1v) is 9.41. The van der Waals surface area contributed by atoms with E-state index in [1.54, 1.807) is 19.0 Å². The number of methoxy groups -OCH3 is 1. The standard InChI is InChI=1S/C21H27N3O5/c1-5-6-15-7-9-16(10-8-15)29-12-11-22-21(25)17-13-19(24(26)27)18(23(2)3)14-20(17)28-4/h7-10,13-14H,5-6,11-12H2,1-4H3,(H,22,25). The van der Waals surface area contributed by atoms with E-state index in [1.165, 1.54) is 24.8 Å². The highest BCUT2D eigenvalue weighted by Gasteiger charge is 2.23. The largest absolute Gasteiger partial charge is 0.496 e. The summed E-state index contributed by atoms with van der Waals surface area (Å²) in [7, 11) is 4.80. The number of hydrogen-bond donors (Lipinski definition) is 1. The van der Waals surface area contributed by atoms with Gasteiger partial charge in [-0.3, -0.25) is 14.9 Å². The molecule has 0 saturated heterocycles. The first-order chi connectivity index (χ1) is 13.9. The van der Waals surface area contributed by atoms with Gasteiger partial charge < -0.3 is 19.7 Å². The zero-order valence-electron chi connectivity index (χ0n) is 17.2. The second kappa shape index (κ2) is 10.3. The Kier molecular flexibility index (Phi) is 7.82. The molecule has 0 atom stereocenters. The molecule has 0 radical (unpaired) electrons. The fourth-order valence-corrected chi connectivity index (χ4v) is 2.88. The van der Waals surface area contributed by atoms with Crippen molar-refractivity contribution in [2.45, 2.75) is 19.8 Å². The normalized spacial score (nSPS) is 10.3. The number of nitrogens with one attached hydrogen (secondary N) is 1. The maximum Gasteiger partial charge on any atom is 0.293 e. The van der Waals surface area contributed by atoms with Crippen LogP contribution in [0.15, 0.2) is 36.4 Å². The van der Waals surface area contributed by atoms with E-state index in [0.717, 1.165) is 18.6 Å². The minimum Gasteiger partial charge on any atom is -0.496 e. The molecule has 0 aromatic heterocycles. The van der Waals surface area contributed by atoms with Crippen molar-refractivity contribution in [2.24, 2.45) is 0 Å². The van der Waals surface area contributed by atoms with E-state index in [1.807, 2.05) is 24.3 Å². The zero-order chi connectivity index (χ0) is 21.4. The summed E-state index contributed by atoms with van der Waals surface area (Å²) in [6, 6.07) is 10.6. The van der Waals surface area contributed by atoms with Crippen LogP contribution in [0.2, 0.25) is 0 Å². The molecule has 0 saturated carbocycles. The maximum atomic E-state index is 12.5. The maximum absolute atomic E-state index is 12.5. The molecule has 0 bridgehead atoms. The Hall–Kier alpha value is -3.29. The Labute approximate surface area is 170 Å². The molecule has 0 spiro atoms. The van der Waals surface area contributed by atoms with E-state index in [4.69, 9.17) is 9.47 Å². The molecule has 0 heterocycles. The summed E-state index contributed by atoms with van der Waals surface area (Å²) in [5.74, 6) is 0.532. The number of nitro benzene ring substituents is 1. The molecular weight excluding hydrogens is 374 g/mol. The summed E-state index contributed by atoms with van der Waals surface area (Å²) < 4.78 is 10.9. The third-order valence-electron chi connectivity index (χ3n) is 4.34. The van der Waals surface area contributed by atoms with Gasteiger partial charge in [0, 0.05) is 26.2 Å². The van der Waals surface area contributed by atoms with Crippen molar-refractivity contribution in [1.82, 2.24) is 5.32 Å². The van der Waals surface area contributed by atoms with Crippen LogP contribution in [0.3, 0.4) is 0 Å². The molecule has 8 heteroatoms. The molecule has 1 N–H and O–H groups in total. The van der Waals surface area contributed by atoms with E-state index < -0.39 is 10.8 Å². The van der Waals surface area contributed by atoms with Crippen LogP contribution in [0, 0.1) is 10.1 Å². The van der Waals surface area contributed by atoms with E-state index >= 15 is 0 Å². The number of ether oxygens (including phenoxy) is 2. The van der Waals surface area contributed by atoms with Crippen LogP contribution in [0.1, 0.15) is 29.3 Å². The summed E-state index contributed by atoms with van der Waals surface area (Å²) in [4.78, 5) is 25.0. The molecule has 29 heavy (non-hydrogen) atoms. The first-order valence-electron chi connectivity index (χ1n) is 9.41. The van der Waals surface area contributed by atoms with Crippen molar-refractivity contribution in [3.8, 4) is 11.5 Å². The summed E-state index contributed by atoms with van der Waals surface area (Å²) in [5, 5.41) is 14.1. The van der Waals surface area contributed by atoms with Crippen LogP contribution < -0.4 is 19.7 Å². The lowest BCUT2D eigenvalue weighted by Gasteiger charge is -2.16. The van der Waals surface area contributed by atoms with Gasteiger partial charge in [0.2, 0.25) is 0 Å². The molecule has 2 aromatic carbocycles. The second-order valence-electron chi connectivity index (χ2n) is 6.69. The molecule has 2 aromatic rings. The number of anilines is 1. The van der Waals surface area contributed by atoms with Gasteiger partial charge in [-0.25, -0.2) is 0 Å². The average Bonchev–Trinajstić information content (AvgIpc) is 2.71. The van der Waals surface area contributed by atoms with E-state index in [9.17, 15) is 14.9 Å². The molecule has 0 fully saturated rings. The van der Waals surface area contributed by atoms with Crippen LogP contribution >= 0.6 is 0 Å². The summed E-state index contributed by atoms with van der Waals surface area (Å²) >= 11 is 0. The highest BCUT2D eigenvalue weighted by molar-refractivity contribution is 5.98. The van der Waals surface area contributed by atoms with Crippen LogP contribution in [-0.2, 0) is 6.42 Å². The third kappa shape index (κ3) is 5.84. The molecule has 1 amide bonds. The number of rotatable bonds is 10. The first kappa shape index (κ1) is 22.0.